The van der Waals surface area contributed by atoms with Crippen LogP contribution in [-0.2, 0) is 24.8 Å². The summed E-state index contributed by atoms with van der Waals surface area (Å²) in [6.45, 7) is 1.52. The van der Waals surface area contributed by atoms with E-state index in [4.69, 9.17) is 5.11 Å². The summed E-state index contributed by atoms with van der Waals surface area (Å²) in [6.07, 6.45) is 1.78. The van der Waals surface area contributed by atoms with E-state index in [0.29, 0.717) is 17.5 Å². The quantitative estimate of drug-likeness (QED) is 0.600. The van der Waals surface area contributed by atoms with Crippen LogP contribution in [0.1, 0.15) is 34.0 Å². The Morgan fingerprint density at radius 1 is 1.24 bits per heavy atom. The lowest BCUT2D eigenvalue weighted by Gasteiger charge is -2.13. The first-order valence-electron chi connectivity index (χ1n) is 8.64. The molecule has 0 spiro atoms. The lowest BCUT2D eigenvalue weighted by Crippen LogP contribution is -2.25. The molecule has 0 aliphatic heterocycles. The van der Waals surface area contributed by atoms with Crippen LogP contribution in [-0.4, -0.2) is 31.6 Å². The zero-order chi connectivity index (χ0) is 21.3. The second-order valence-corrected chi connectivity index (χ2v) is 6.60. The maximum absolute atomic E-state index is 13.6. The first kappa shape index (κ1) is 20.0. The normalized spacial score (nSPS) is 10.9. The molecule has 29 heavy (non-hydrogen) atoms. The highest BCUT2D eigenvalue weighted by atomic mass is 19.1. The monoisotopic (exact) mass is 399 g/mol. The Bertz CT molecular complexity index is 1200. The zero-order valence-electron chi connectivity index (χ0n) is 15.7. The van der Waals surface area contributed by atoms with Crippen LogP contribution in [0.3, 0.4) is 0 Å². The highest BCUT2D eigenvalue weighted by Crippen LogP contribution is 2.26. The van der Waals surface area contributed by atoms with Gasteiger partial charge in [0.15, 0.2) is 11.3 Å². The molecule has 1 amide bonds. The summed E-state index contributed by atoms with van der Waals surface area (Å²) in [5, 5.41) is 22.0. The zero-order valence-corrected chi connectivity index (χ0v) is 15.7. The predicted molar refractivity (Wildman–Crippen MR) is 102 cm³/mol. The van der Waals surface area contributed by atoms with E-state index in [1.807, 2.05) is 0 Å². The summed E-state index contributed by atoms with van der Waals surface area (Å²) in [4.78, 5) is 38.8. The second-order valence-electron chi connectivity index (χ2n) is 6.60. The number of aryl methyl sites for hydroxylation is 1. The smallest absolute Gasteiger partial charge is 0.345 e. The van der Waals surface area contributed by atoms with E-state index in [0.717, 1.165) is 10.1 Å². The van der Waals surface area contributed by atoms with E-state index in [9.17, 15) is 23.9 Å². The molecule has 1 aromatic carbocycles. The fourth-order valence-electron chi connectivity index (χ4n) is 3.09. The molecule has 2 heterocycles. The van der Waals surface area contributed by atoms with Gasteiger partial charge in [-0.15, -0.1) is 0 Å². The van der Waals surface area contributed by atoms with Gasteiger partial charge in [0.25, 0.3) is 5.56 Å². The van der Waals surface area contributed by atoms with Gasteiger partial charge in [0.2, 0.25) is 5.91 Å². The summed E-state index contributed by atoms with van der Waals surface area (Å²) in [6, 6.07) is 5.85. The molecule has 0 fully saturated rings. The van der Waals surface area contributed by atoms with Crippen LogP contribution < -0.4 is 10.9 Å². The maximum atomic E-state index is 13.6. The van der Waals surface area contributed by atoms with E-state index in [-0.39, 0.29) is 23.5 Å². The molecular formula is C20H18FN3O5. The average molecular weight is 399 g/mol. The van der Waals surface area contributed by atoms with Gasteiger partial charge in [-0.1, -0.05) is 6.07 Å². The van der Waals surface area contributed by atoms with Crippen molar-refractivity contribution in [3.8, 4) is 5.75 Å². The first-order chi connectivity index (χ1) is 13.7. The summed E-state index contributed by atoms with van der Waals surface area (Å²) in [7, 11) is 1.39. The minimum Gasteiger partial charge on any atom is -0.505 e. The molecule has 0 saturated carbocycles. The number of aromatic hydroxyl groups is 1. The van der Waals surface area contributed by atoms with Crippen molar-refractivity contribution in [2.24, 2.45) is 7.05 Å². The number of halogens is 1. The molecule has 0 aliphatic carbocycles. The van der Waals surface area contributed by atoms with Crippen molar-refractivity contribution in [1.82, 2.24) is 14.9 Å². The van der Waals surface area contributed by atoms with Crippen LogP contribution in [0.5, 0.6) is 5.75 Å². The molecule has 9 heteroatoms. The van der Waals surface area contributed by atoms with E-state index < -0.39 is 28.7 Å². The van der Waals surface area contributed by atoms with Crippen LogP contribution in [0.15, 0.2) is 35.3 Å². The third-order valence-electron chi connectivity index (χ3n) is 4.57. The Hall–Kier alpha value is -3.75. The van der Waals surface area contributed by atoms with Gasteiger partial charge >= 0.3 is 5.97 Å². The van der Waals surface area contributed by atoms with Gasteiger partial charge in [0.1, 0.15) is 11.3 Å². The Morgan fingerprint density at radius 3 is 2.62 bits per heavy atom. The molecule has 3 aromatic rings. The van der Waals surface area contributed by atoms with Gasteiger partial charge in [0, 0.05) is 26.7 Å². The number of carbonyl (C=O) groups is 2. The molecule has 150 valence electrons. The van der Waals surface area contributed by atoms with Gasteiger partial charge < -0.3 is 20.1 Å². The van der Waals surface area contributed by atoms with Crippen LogP contribution in [0.25, 0.3) is 11.0 Å². The number of carboxylic acids is 1. The number of pyridine rings is 2. The van der Waals surface area contributed by atoms with Gasteiger partial charge in [-0.3, -0.25) is 14.6 Å². The molecule has 0 bridgehead atoms. The van der Waals surface area contributed by atoms with E-state index in [1.54, 1.807) is 12.1 Å². The minimum absolute atomic E-state index is 0.00849. The van der Waals surface area contributed by atoms with Crippen LogP contribution in [0.4, 0.5) is 4.39 Å². The fraction of sp³-hybridized carbons (Fsp3) is 0.200. The number of benzene rings is 1. The van der Waals surface area contributed by atoms with Crippen molar-refractivity contribution in [2.45, 2.75) is 19.9 Å². The van der Waals surface area contributed by atoms with Gasteiger partial charge in [0.05, 0.1) is 5.52 Å². The molecule has 3 rings (SSSR count). The first-order valence-corrected chi connectivity index (χ1v) is 8.64. The number of nitrogens with zero attached hydrogens (tertiary/aromatic N) is 2. The van der Waals surface area contributed by atoms with Gasteiger partial charge in [-0.05, 0) is 41.3 Å². The molecule has 2 aromatic heterocycles. The van der Waals surface area contributed by atoms with Crippen molar-refractivity contribution in [2.75, 3.05) is 0 Å². The van der Waals surface area contributed by atoms with Crippen molar-refractivity contribution >= 4 is 22.9 Å². The summed E-state index contributed by atoms with van der Waals surface area (Å²) >= 11 is 0. The summed E-state index contributed by atoms with van der Waals surface area (Å²) in [5.74, 6) is -2.90. The second kappa shape index (κ2) is 7.70. The molecule has 3 N–H and O–H groups in total. The van der Waals surface area contributed by atoms with E-state index >= 15 is 0 Å². The highest BCUT2D eigenvalue weighted by molar-refractivity contribution is 5.97. The molecule has 0 unspecified atom stereocenters. The van der Waals surface area contributed by atoms with Crippen molar-refractivity contribution < 1.29 is 24.2 Å². The molecule has 0 saturated heterocycles. The number of aromatic carboxylic acids is 1. The number of aromatic nitrogens is 2. The average Bonchev–Trinajstić information content (AvgIpc) is 2.66. The largest absolute Gasteiger partial charge is 0.505 e. The highest BCUT2D eigenvalue weighted by Gasteiger charge is 2.21. The Kier molecular flexibility index (Phi) is 5.31. The fourth-order valence-corrected chi connectivity index (χ4v) is 3.09. The SMILES string of the molecule is CC(=O)NCc1cc(F)ccc1Cc1cnc2c(O)c(C(=O)O)c(=O)n(C)c2c1. The van der Waals surface area contributed by atoms with Gasteiger partial charge in [-0.25, -0.2) is 9.18 Å². The number of fused-ring (bicyclic) bond motifs is 1. The molecule has 8 nitrogen and oxygen atoms in total. The lowest BCUT2D eigenvalue weighted by molar-refractivity contribution is -0.119. The number of nitrogens with one attached hydrogen (secondary N) is 1. The predicted octanol–water partition coefficient (Wildman–Crippen LogP) is 1.70. The summed E-state index contributed by atoms with van der Waals surface area (Å²) < 4.78 is 14.7. The van der Waals surface area contributed by atoms with E-state index in [2.05, 4.69) is 10.3 Å². The van der Waals surface area contributed by atoms with Crippen LogP contribution in [0.2, 0.25) is 0 Å². The van der Waals surface area contributed by atoms with Crippen LogP contribution >= 0.6 is 0 Å². The number of carbonyl (C=O) groups excluding carboxylic acids is 1. The standard InChI is InChI=1S/C20H18FN3O5/c1-10(25)22-9-13-7-14(21)4-3-12(13)5-11-6-15-17(23-8-11)18(26)16(20(28)29)19(27)24(15)2/h3-4,6-8,26H,5,9H2,1-2H3,(H,22,25)(H,28,29). The number of amides is 1. The molecular weight excluding hydrogens is 381 g/mol. The van der Waals surface area contributed by atoms with Crippen LogP contribution in [0, 0.1) is 5.82 Å². The minimum atomic E-state index is -1.54. The number of rotatable bonds is 5. The van der Waals surface area contributed by atoms with Gasteiger partial charge in [-0.2, -0.15) is 0 Å². The molecule has 0 aliphatic rings. The number of hydrogen-bond acceptors (Lipinski definition) is 5. The Morgan fingerprint density at radius 2 is 1.97 bits per heavy atom. The van der Waals surface area contributed by atoms with Crippen molar-refractivity contribution in [3.63, 3.8) is 0 Å². The number of hydrogen-bond donors (Lipinski definition) is 3. The number of carboxylic acid groups (broad SMARTS) is 1. The lowest BCUT2D eigenvalue weighted by atomic mass is 10.00. The third-order valence-corrected chi connectivity index (χ3v) is 4.57. The maximum Gasteiger partial charge on any atom is 0.345 e. The van der Waals surface area contributed by atoms with Crippen molar-refractivity contribution in [1.29, 1.82) is 0 Å². The molecule has 0 radical (unpaired) electrons. The Labute approximate surface area is 164 Å². The van der Waals surface area contributed by atoms with E-state index in [1.165, 1.54) is 32.3 Å². The third kappa shape index (κ3) is 3.93. The topological polar surface area (TPSA) is 122 Å². The summed E-state index contributed by atoms with van der Waals surface area (Å²) in [5.41, 5.74) is 0.666. The molecule has 0 atom stereocenters. The Balaban J connectivity index is 2.06. The van der Waals surface area contributed by atoms with Crippen molar-refractivity contribution in [3.05, 3.63) is 68.9 Å².